The van der Waals surface area contributed by atoms with Crippen molar-refractivity contribution >= 4 is 15.9 Å². The van der Waals surface area contributed by atoms with Crippen molar-refractivity contribution in [2.75, 3.05) is 0 Å². The zero-order valence-electron chi connectivity index (χ0n) is 8.58. The van der Waals surface area contributed by atoms with Gasteiger partial charge in [0.1, 0.15) is 5.82 Å². The van der Waals surface area contributed by atoms with E-state index in [1.807, 2.05) is 0 Å². The van der Waals surface area contributed by atoms with Gasteiger partial charge in [-0.2, -0.15) is 0 Å². The van der Waals surface area contributed by atoms with E-state index in [0.717, 1.165) is 4.47 Å². The van der Waals surface area contributed by atoms with Gasteiger partial charge in [-0.25, -0.2) is 4.39 Å². The first kappa shape index (κ1) is 11.1. The van der Waals surface area contributed by atoms with Gasteiger partial charge in [0.05, 0.1) is 0 Å². The highest BCUT2D eigenvalue weighted by Crippen LogP contribution is 2.12. The summed E-state index contributed by atoms with van der Waals surface area (Å²) in [6.07, 6.45) is 1.67. The van der Waals surface area contributed by atoms with E-state index in [1.165, 1.54) is 16.7 Å². The molecule has 1 aromatic heterocycles. The molecule has 0 N–H and O–H groups in total. The fraction of sp³-hybridized carbons (Fsp3) is 0.0833. The Bertz CT molecular complexity index is 575. The predicted octanol–water partition coefficient (Wildman–Crippen LogP) is 3.05. The van der Waals surface area contributed by atoms with Crippen LogP contribution in [0.2, 0.25) is 0 Å². The maximum absolute atomic E-state index is 12.8. The zero-order valence-corrected chi connectivity index (χ0v) is 10.2. The van der Waals surface area contributed by atoms with Crippen LogP contribution in [0.15, 0.2) is 45.8 Å². The van der Waals surface area contributed by atoms with Crippen LogP contribution in [0.3, 0.4) is 0 Å². The molecule has 0 saturated heterocycles. The lowest BCUT2D eigenvalue weighted by Gasteiger charge is -2.07. The number of pyridine rings is 1. The van der Waals surface area contributed by atoms with E-state index >= 15 is 0 Å². The minimum absolute atomic E-state index is 0.102. The number of hydrogen-bond donors (Lipinski definition) is 0. The van der Waals surface area contributed by atoms with Crippen molar-refractivity contribution in [3.05, 3.63) is 62.7 Å². The van der Waals surface area contributed by atoms with Crippen molar-refractivity contribution in [1.29, 1.82) is 0 Å². The molecule has 2 nitrogen and oxygen atoms in total. The number of aryl methyl sites for hydroxylation is 1. The van der Waals surface area contributed by atoms with E-state index < -0.39 is 0 Å². The molecule has 0 aliphatic carbocycles. The van der Waals surface area contributed by atoms with Gasteiger partial charge in [-0.1, -0.05) is 0 Å². The summed E-state index contributed by atoms with van der Waals surface area (Å²) in [5.74, 6) is -0.316. The van der Waals surface area contributed by atoms with Crippen LogP contribution in [0.4, 0.5) is 4.39 Å². The molecule has 2 rings (SSSR count). The van der Waals surface area contributed by atoms with Gasteiger partial charge >= 0.3 is 0 Å². The van der Waals surface area contributed by atoms with Crippen LogP contribution in [0, 0.1) is 12.7 Å². The second-order valence-electron chi connectivity index (χ2n) is 3.49. The summed E-state index contributed by atoms with van der Waals surface area (Å²) in [5.41, 5.74) is 1.18. The van der Waals surface area contributed by atoms with Gasteiger partial charge < -0.3 is 0 Å². The molecule has 4 heteroatoms. The van der Waals surface area contributed by atoms with Crippen molar-refractivity contribution in [1.82, 2.24) is 4.57 Å². The average Bonchev–Trinajstić information content (AvgIpc) is 2.25. The van der Waals surface area contributed by atoms with Crippen LogP contribution in [0.25, 0.3) is 5.69 Å². The van der Waals surface area contributed by atoms with Gasteiger partial charge in [0, 0.05) is 21.9 Å². The lowest BCUT2D eigenvalue weighted by Crippen LogP contribution is -2.19. The molecule has 0 bridgehead atoms. The maximum Gasteiger partial charge on any atom is 0.258 e. The van der Waals surface area contributed by atoms with Gasteiger partial charge in [0.2, 0.25) is 0 Å². The van der Waals surface area contributed by atoms with E-state index in [9.17, 15) is 9.18 Å². The van der Waals surface area contributed by atoms with Crippen LogP contribution in [-0.2, 0) is 0 Å². The second-order valence-corrected chi connectivity index (χ2v) is 4.41. The maximum atomic E-state index is 12.8. The molecular formula is C12H9BrFNO. The largest absolute Gasteiger partial charge is 0.283 e. The van der Waals surface area contributed by atoms with Crippen molar-refractivity contribution in [2.24, 2.45) is 0 Å². The number of benzene rings is 1. The van der Waals surface area contributed by atoms with Crippen molar-refractivity contribution in [2.45, 2.75) is 6.92 Å². The summed E-state index contributed by atoms with van der Waals surface area (Å²) in [5, 5.41) is 0. The first-order valence-corrected chi connectivity index (χ1v) is 5.52. The van der Waals surface area contributed by atoms with E-state index in [2.05, 4.69) is 15.9 Å². The molecule has 0 aliphatic rings. The van der Waals surface area contributed by atoms with Crippen molar-refractivity contribution < 1.29 is 4.39 Å². The quantitative estimate of drug-likeness (QED) is 0.788. The molecule has 0 saturated carbocycles. The van der Waals surface area contributed by atoms with E-state index in [0.29, 0.717) is 11.3 Å². The lowest BCUT2D eigenvalue weighted by molar-refractivity contribution is 0.627. The molecule has 16 heavy (non-hydrogen) atoms. The number of rotatable bonds is 1. The fourth-order valence-electron chi connectivity index (χ4n) is 1.47. The molecule has 2 aromatic rings. The molecule has 0 spiro atoms. The molecule has 0 fully saturated rings. The first-order valence-electron chi connectivity index (χ1n) is 4.72. The topological polar surface area (TPSA) is 22.0 Å². The molecular weight excluding hydrogens is 273 g/mol. The third-order valence-electron chi connectivity index (χ3n) is 2.27. The average molecular weight is 282 g/mol. The molecule has 0 amide bonds. The Morgan fingerprint density at radius 2 is 1.88 bits per heavy atom. The zero-order chi connectivity index (χ0) is 11.7. The lowest BCUT2D eigenvalue weighted by atomic mass is 10.2. The Morgan fingerprint density at radius 1 is 1.25 bits per heavy atom. The molecule has 0 atom stereocenters. The summed E-state index contributed by atoms with van der Waals surface area (Å²) in [6.45, 7) is 1.74. The summed E-state index contributed by atoms with van der Waals surface area (Å²) >= 11 is 3.33. The summed E-state index contributed by atoms with van der Waals surface area (Å²) in [7, 11) is 0. The van der Waals surface area contributed by atoms with Gasteiger partial charge in [0.25, 0.3) is 5.56 Å². The monoisotopic (exact) mass is 281 g/mol. The van der Waals surface area contributed by atoms with Gasteiger partial charge in [0.15, 0.2) is 0 Å². The summed E-state index contributed by atoms with van der Waals surface area (Å²) < 4.78 is 15.1. The van der Waals surface area contributed by atoms with Gasteiger partial charge in [-0.05, 0) is 53.2 Å². The highest BCUT2D eigenvalue weighted by molar-refractivity contribution is 9.10. The normalized spacial score (nSPS) is 10.4. The standard InChI is InChI=1S/C12H9BrFNO/c1-8-6-9(13)7-15(12(8)16)11-4-2-10(14)3-5-11/h2-7H,1H3. The van der Waals surface area contributed by atoms with Crippen LogP contribution >= 0.6 is 15.9 Å². The third-order valence-corrected chi connectivity index (χ3v) is 2.70. The highest BCUT2D eigenvalue weighted by Gasteiger charge is 2.04. The van der Waals surface area contributed by atoms with Crippen LogP contribution in [0.1, 0.15) is 5.56 Å². The highest BCUT2D eigenvalue weighted by atomic mass is 79.9. The second kappa shape index (κ2) is 4.22. The predicted molar refractivity (Wildman–Crippen MR) is 64.4 cm³/mol. The van der Waals surface area contributed by atoms with E-state index in [4.69, 9.17) is 0 Å². The molecule has 0 aliphatic heterocycles. The van der Waals surface area contributed by atoms with Gasteiger partial charge in [-0.3, -0.25) is 9.36 Å². The number of hydrogen-bond acceptors (Lipinski definition) is 1. The summed E-state index contributed by atoms with van der Waals surface area (Å²) in [6, 6.07) is 7.56. The van der Waals surface area contributed by atoms with Crippen LogP contribution in [0.5, 0.6) is 0 Å². The third kappa shape index (κ3) is 2.07. The van der Waals surface area contributed by atoms with Crippen molar-refractivity contribution in [3.8, 4) is 5.69 Å². The molecule has 0 radical (unpaired) electrons. The molecule has 82 valence electrons. The first-order chi connectivity index (χ1) is 7.58. The Labute approximate surface area is 100 Å². The van der Waals surface area contributed by atoms with E-state index in [-0.39, 0.29) is 11.4 Å². The number of halogens is 2. The van der Waals surface area contributed by atoms with Crippen LogP contribution < -0.4 is 5.56 Å². The van der Waals surface area contributed by atoms with Gasteiger partial charge in [-0.15, -0.1) is 0 Å². The summed E-state index contributed by atoms with van der Waals surface area (Å²) in [4.78, 5) is 11.9. The van der Waals surface area contributed by atoms with E-state index in [1.54, 1.807) is 31.3 Å². The molecule has 1 aromatic carbocycles. The number of nitrogens with zero attached hydrogens (tertiary/aromatic N) is 1. The molecule has 1 heterocycles. The fourth-order valence-corrected chi connectivity index (χ4v) is 2.02. The Balaban J connectivity index is 2.64. The Kier molecular flexibility index (Phi) is 2.92. The molecule has 0 unspecified atom stereocenters. The SMILES string of the molecule is Cc1cc(Br)cn(-c2ccc(F)cc2)c1=O. The Hall–Kier alpha value is -1.42. The Morgan fingerprint density at radius 3 is 2.50 bits per heavy atom. The van der Waals surface area contributed by atoms with Crippen LogP contribution in [-0.4, -0.2) is 4.57 Å². The van der Waals surface area contributed by atoms with Crippen molar-refractivity contribution in [3.63, 3.8) is 0 Å². The number of aromatic nitrogens is 1. The smallest absolute Gasteiger partial charge is 0.258 e. The minimum atomic E-state index is -0.316. The minimum Gasteiger partial charge on any atom is -0.283 e.